The van der Waals surface area contributed by atoms with Crippen LogP contribution in [-0.4, -0.2) is 26.2 Å². The number of halogens is 1. The van der Waals surface area contributed by atoms with Crippen molar-refractivity contribution in [2.75, 3.05) is 5.32 Å². The van der Waals surface area contributed by atoms with E-state index in [0.717, 1.165) is 12.8 Å². The lowest BCUT2D eigenvalue weighted by molar-refractivity contribution is 0.997. The molecular formula is C11H10ClN5O2. The van der Waals surface area contributed by atoms with Gasteiger partial charge in [-0.3, -0.25) is 9.78 Å². The van der Waals surface area contributed by atoms with E-state index in [1.807, 2.05) is 0 Å². The summed E-state index contributed by atoms with van der Waals surface area (Å²) in [6, 6.07) is 1.99. The Morgan fingerprint density at radius 3 is 2.79 bits per heavy atom. The highest BCUT2D eigenvalue weighted by Crippen LogP contribution is 2.30. The Hall–Kier alpha value is -2.15. The van der Waals surface area contributed by atoms with Crippen LogP contribution in [-0.2, 0) is 0 Å². The number of hydrogen-bond donors (Lipinski definition) is 3. The van der Waals surface area contributed by atoms with Crippen molar-refractivity contribution in [3.05, 3.63) is 38.3 Å². The van der Waals surface area contributed by atoms with Gasteiger partial charge in [-0.25, -0.2) is 4.79 Å². The molecule has 0 aromatic carbocycles. The number of anilines is 1. The van der Waals surface area contributed by atoms with Crippen molar-refractivity contribution in [3.63, 3.8) is 0 Å². The quantitative estimate of drug-likeness (QED) is 0.769. The predicted octanol–water partition coefficient (Wildman–Crippen LogP) is 0.748. The van der Waals surface area contributed by atoms with Gasteiger partial charge >= 0.3 is 5.69 Å². The van der Waals surface area contributed by atoms with Crippen molar-refractivity contribution >= 4 is 17.3 Å². The topological polar surface area (TPSA) is 104 Å². The molecule has 0 bridgehead atoms. The number of aromatic amines is 2. The van der Waals surface area contributed by atoms with E-state index in [1.165, 1.54) is 6.20 Å². The zero-order chi connectivity index (χ0) is 13.4. The van der Waals surface area contributed by atoms with Gasteiger partial charge in [0.1, 0.15) is 5.69 Å². The lowest BCUT2D eigenvalue weighted by Crippen LogP contribution is -2.23. The highest BCUT2D eigenvalue weighted by atomic mass is 35.5. The maximum atomic E-state index is 11.8. The molecule has 7 nitrogen and oxygen atoms in total. The average molecular weight is 280 g/mol. The van der Waals surface area contributed by atoms with Crippen LogP contribution in [0.3, 0.4) is 0 Å². The first kappa shape index (κ1) is 11.9. The standard InChI is InChI=1S/C11H10ClN5O2/c12-8-3-7(14-5-1-2-5)9(17-16-8)6-4-13-11(19)15-10(6)18/h3-5H,1-2H2,(H,14,16)(H2,13,15,18,19). The zero-order valence-corrected chi connectivity index (χ0v) is 10.5. The van der Waals surface area contributed by atoms with Gasteiger partial charge in [0.2, 0.25) is 0 Å². The minimum absolute atomic E-state index is 0.243. The SMILES string of the molecule is O=c1[nH]cc(-c2nnc(Cl)cc2NC2CC2)c(=O)[nH]1. The molecule has 1 fully saturated rings. The van der Waals surface area contributed by atoms with Crippen molar-refractivity contribution in [1.82, 2.24) is 20.2 Å². The molecular weight excluding hydrogens is 270 g/mol. The third-order valence-electron chi connectivity index (χ3n) is 2.78. The second-order valence-electron chi connectivity index (χ2n) is 4.33. The summed E-state index contributed by atoms with van der Waals surface area (Å²) < 4.78 is 0. The normalized spacial score (nSPS) is 14.4. The van der Waals surface area contributed by atoms with Crippen LogP contribution in [0.2, 0.25) is 5.15 Å². The fourth-order valence-electron chi connectivity index (χ4n) is 1.71. The molecule has 2 heterocycles. The Balaban J connectivity index is 2.12. The van der Waals surface area contributed by atoms with E-state index in [2.05, 4.69) is 25.5 Å². The smallest absolute Gasteiger partial charge is 0.325 e. The van der Waals surface area contributed by atoms with E-state index in [-0.39, 0.29) is 10.7 Å². The molecule has 0 spiro atoms. The number of H-pyrrole nitrogens is 2. The van der Waals surface area contributed by atoms with Gasteiger partial charge in [-0.2, -0.15) is 0 Å². The number of nitrogens with zero attached hydrogens (tertiary/aromatic N) is 2. The highest BCUT2D eigenvalue weighted by molar-refractivity contribution is 6.29. The van der Waals surface area contributed by atoms with Crippen LogP contribution in [0.25, 0.3) is 11.3 Å². The Bertz CT molecular complexity index is 734. The maximum absolute atomic E-state index is 11.8. The molecule has 2 aromatic rings. The summed E-state index contributed by atoms with van der Waals surface area (Å²) in [5.74, 6) is 0. The first-order chi connectivity index (χ1) is 9.13. The minimum atomic E-state index is -0.563. The van der Waals surface area contributed by atoms with E-state index in [0.29, 0.717) is 17.4 Å². The summed E-state index contributed by atoms with van der Waals surface area (Å²) in [6.07, 6.45) is 3.46. The molecule has 0 amide bonds. The Labute approximate surface area is 112 Å². The second-order valence-corrected chi connectivity index (χ2v) is 4.72. The number of aromatic nitrogens is 4. The molecule has 0 aliphatic heterocycles. The van der Waals surface area contributed by atoms with Gasteiger partial charge < -0.3 is 10.3 Å². The minimum Gasteiger partial charge on any atom is -0.380 e. The lowest BCUT2D eigenvalue weighted by Gasteiger charge is -2.09. The van der Waals surface area contributed by atoms with Crippen LogP contribution >= 0.6 is 11.6 Å². The van der Waals surface area contributed by atoms with Gasteiger partial charge in [-0.05, 0) is 12.8 Å². The molecule has 0 radical (unpaired) electrons. The molecule has 0 unspecified atom stereocenters. The third kappa shape index (κ3) is 2.50. The molecule has 1 aliphatic rings. The Morgan fingerprint density at radius 2 is 2.11 bits per heavy atom. The lowest BCUT2D eigenvalue weighted by atomic mass is 10.2. The molecule has 3 rings (SSSR count). The molecule has 2 aromatic heterocycles. The highest BCUT2D eigenvalue weighted by Gasteiger charge is 2.23. The zero-order valence-electron chi connectivity index (χ0n) is 9.74. The van der Waals surface area contributed by atoms with Gasteiger partial charge in [0, 0.05) is 18.3 Å². The van der Waals surface area contributed by atoms with Crippen molar-refractivity contribution < 1.29 is 0 Å². The second kappa shape index (κ2) is 4.51. The van der Waals surface area contributed by atoms with Gasteiger partial charge in [0.25, 0.3) is 5.56 Å². The molecule has 98 valence electrons. The van der Waals surface area contributed by atoms with Crippen molar-refractivity contribution in [3.8, 4) is 11.3 Å². The third-order valence-corrected chi connectivity index (χ3v) is 2.96. The van der Waals surface area contributed by atoms with Gasteiger partial charge in [-0.15, -0.1) is 10.2 Å². The summed E-state index contributed by atoms with van der Waals surface area (Å²) in [6.45, 7) is 0. The number of hydrogen-bond acceptors (Lipinski definition) is 5. The molecule has 19 heavy (non-hydrogen) atoms. The van der Waals surface area contributed by atoms with Crippen LogP contribution in [0.4, 0.5) is 5.69 Å². The van der Waals surface area contributed by atoms with Gasteiger partial charge in [0.05, 0.1) is 11.3 Å². The van der Waals surface area contributed by atoms with Crippen molar-refractivity contribution in [1.29, 1.82) is 0 Å². The van der Waals surface area contributed by atoms with E-state index < -0.39 is 11.2 Å². The average Bonchev–Trinajstić information content (AvgIpc) is 3.15. The summed E-state index contributed by atoms with van der Waals surface area (Å²) in [5.41, 5.74) is 0.173. The largest absolute Gasteiger partial charge is 0.380 e. The number of rotatable bonds is 3. The fraction of sp³-hybridized carbons (Fsp3) is 0.273. The van der Waals surface area contributed by atoms with Crippen LogP contribution in [0.1, 0.15) is 12.8 Å². The molecule has 0 atom stereocenters. The summed E-state index contributed by atoms with van der Waals surface area (Å²) in [4.78, 5) is 27.4. The van der Waals surface area contributed by atoms with Crippen molar-refractivity contribution in [2.24, 2.45) is 0 Å². The first-order valence-electron chi connectivity index (χ1n) is 5.75. The van der Waals surface area contributed by atoms with Crippen LogP contribution in [0.5, 0.6) is 0 Å². The van der Waals surface area contributed by atoms with E-state index >= 15 is 0 Å². The molecule has 8 heteroatoms. The van der Waals surface area contributed by atoms with E-state index in [9.17, 15) is 9.59 Å². The van der Waals surface area contributed by atoms with E-state index in [1.54, 1.807) is 6.07 Å². The number of nitrogens with one attached hydrogen (secondary N) is 3. The molecule has 0 saturated heterocycles. The monoisotopic (exact) mass is 279 g/mol. The van der Waals surface area contributed by atoms with Crippen LogP contribution in [0.15, 0.2) is 21.9 Å². The van der Waals surface area contributed by atoms with Crippen LogP contribution < -0.4 is 16.6 Å². The van der Waals surface area contributed by atoms with Crippen LogP contribution in [0, 0.1) is 0 Å². The fourth-order valence-corrected chi connectivity index (χ4v) is 1.86. The summed E-state index contributed by atoms with van der Waals surface area (Å²) in [5, 5.41) is 11.1. The first-order valence-corrected chi connectivity index (χ1v) is 6.13. The predicted molar refractivity (Wildman–Crippen MR) is 70.4 cm³/mol. The maximum Gasteiger partial charge on any atom is 0.325 e. The summed E-state index contributed by atoms with van der Waals surface area (Å²) in [7, 11) is 0. The Kier molecular flexibility index (Phi) is 2.83. The van der Waals surface area contributed by atoms with Gasteiger partial charge in [-0.1, -0.05) is 11.6 Å². The van der Waals surface area contributed by atoms with E-state index in [4.69, 9.17) is 11.6 Å². The van der Waals surface area contributed by atoms with Crippen molar-refractivity contribution in [2.45, 2.75) is 18.9 Å². The Morgan fingerprint density at radius 1 is 1.32 bits per heavy atom. The molecule has 1 saturated carbocycles. The molecule has 3 N–H and O–H groups in total. The summed E-state index contributed by atoms with van der Waals surface area (Å²) >= 11 is 5.82. The van der Waals surface area contributed by atoms with Gasteiger partial charge in [0.15, 0.2) is 5.15 Å². The molecule has 1 aliphatic carbocycles.